The van der Waals surface area contributed by atoms with Gasteiger partial charge in [0.05, 0.1) is 23.0 Å². The van der Waals surface area contributed by atoms with Crippen molar-refractivity contribution in [2.24, 2.45) is 12.8 Å². The maximum absolute atomic E-state index is 11.1. The van der Waals surface area contributed by atoms with Gasteiger partial charge in [-0.3, -0.25) is 9.48 Å². The van der Waals surface area contributed by atoms with Gasteiger partial charge in [-0.15, -0.1) is 0 Å². The number of nitrogens with zero attached hydrogens (tertiary/aromatic N) is 2. The lowest BCUT2D eigenvalue weighted by Gasteiger charge is -2.08. The summed E-state index contributed by atoms with van der Waals surface area (Å²) < 4.78 is 7.40. The van der Waals surface area contributed by atoms with Crippen LogP contribution in [-0.2, 0) is 22.3 Å². The molecule has 1 aromatic rings. The lowest BCUT2D eigenvalue weighted by Crippen LogP contribution is -2.33. The number of rotatable bonds is 5. The minimum absolute atomic E-state index is 0.377. The Hall–Kier alpha value is -0.530. The van der Waals surface area contributed by atoms with Crippen LogP contribution in [0.15, 0.2) is 4.47 Å². The van der Waals surface area contributed by atoms with Crippen molar-refractivity contribution in [3.63, 3.8) is 0 Å². The van der Waals surface area contributed by atoms with E-state index in [0.29, 0.717) is 5.75 Å². The fourth-order valence-electron chi connectivity index (χ4n) is 1.34. The third-order valence-corrected chi connectivity index (χ3v) is 4.41. The predicted octanol–water partition coefficient (Wildman–Crippen LogP) is 1.22. The van der Waals surface area contributed by atoms with Crippen LogP contribution in [0.2, 0.25) is 0 Å². The summed E-state index contributed by atoms with van der Waals surface area (Å²) in [5, 5.41) is 4.29. The van der Waals surface area contributed by atoms with E-state index < -0.39 is 6.04 Å². The molecule has 1 atom stereocenters. The minimum atomic E-state index is -0.571. The molecule has 0 aromatic carbocycles. The van der Waals surface area contributed by atoms with Crippen molar-refractivity contribution in [1.29, 1.82) is 0 Å². The molecule has 1 rings (SSSR count). The predicted molar refractivity (Wildman–Crippen MR) is 71.8 cm³/mol. The van der Waals surface area contributed by atoms with Crippen molar-refractivity contribution in [1.82, 2.24) is 9.78 Å². The standard InChI is InChI=1S/C10H16BrN3O2S/c1-6-9(11)8(14(2)13-6)5-17-4-7(12)10(15)16-3/h7H,4-5,12H2,1-3H3. The zero-order valence-electron chi connectivity index (χ0n) is 10.1. The second kappa shape index (κ2) is 6.42. The van der Waals surface area contributed by atoms with Crippen LogP contribution in [0.1, 0.15) is 11.4 Å². The molecule has 0 aliphatic heterocycles. The van der Waals surface area contributed by atoms with E-state index in [0.717, 1.165) is 21.6 Å². The first-order valence-electron chi connectivity index (χ1n) is 5.06. The zero-order chi connectivity index (χ0) is 13.0. The van der Waals surface area contributed by atoms with Crippen LogP contribution in [0.4, 0.5) is 0 Å². The number of carbonyl (C=O) groups excluding carboxylic acids is 1. The van der Waals surface area contributed by atoms with Crippen LogP contribution in [-0.4, -0.2) is 34.7 Å². The van der Waals surface area contributed by atoms with Crippen molar-refractivity contribution >= 4 is 33.7 Å². The molecule has 0 saturated heterocycles. The van der Waals surface area contributed by atoms with E-state index in [-0.39, 0.29) is 5.97 Å². The Kier molecular flexibility index (Phi) is 5.48. The van der Waals surface area contributed by atoms with Gasteiger partial charge in [-0.2, -0.15) is 16.9 Å². The maximum atomic E-state index is 11.1. The first-order chi connectivity index (χ1) is 7.97. The van der Waals surface area contributed by atoms with Crippen LogP contribution in [0.25, 0.3) is 0 Å². The molecule has 0 fully saturated rings. The summed E-state index contributed by atoms with van der Waals surface area (Å²) in [4.78, 5) is 11.1. The maximum Gasteiger partial charge on any atom is 0.323 e. The SMILES string of the molecule is COC(=O)C(N)CSCc1c(Br)c(C)nn1C. The van der Waals surface area contributed by atoms with E-state index in [1.165, 1.54) is 7.11 Å². The molecule has 0 amide bonds. The van der Waals surface area contributed by atoms with Gasteiger partial charge < -0.3 is 10.5 Å². The van der Waals surface area contributed by atoms with Crippen molar-refractivity contribution in [3.05, 3.63) is 15.9 Å². The first kappa shape index (κ1) is 14.5. The van der Waals surface area contributed by atoms with Crippen molar-refractivity contribution in [2.75, 3.05) is 12.9 Å². The van der Waals surface area contributed by atoms with E-state index >= 15 is 0 Å². The van der Waals surface area contributed by atoms with E-state index in [1.54, 1.807) is 11.8 Å². The number of methoxy groups -OCH3 is 1. The minimum Gasteiger partial charge on any atom is -0.468 e. The normalized spacial score (nSPS) is 12.5. The van der Waals surface area contributed by atoms with E-state index in [2.05, 4.69) is 25.8 Å². The average molecular weight is 322 g/mol. The number of halogens is 1. The highest BCUT2D eigenvalue weighted by Gasteiger charge is 2.15. The van der Waals surface area contributed by atoms with Crippen LogP contribution < -0.4 is 5.73 Å². The lowest BCUT2D eigenvalue weighted by molar-refractivity contribution is -0.141. The topological polar surface area (TPSA) is 70.1 Å². The van der Waals surface area contributed by atoms with E-state index in [9.17, 15) is 4.79 Å². The highest BCUT2D eigenvalue weighted by Crippen LogP contribution is 2.24. The smallest absolute Gasteiger partial charge is 0.323 e. The average Bonchev–Trinajstić information content (AvgIpc) is 2.54. The zero-order valence-corrected chi connectivity index (χ0v) is 12.5. The molecule has 1 unspecified atom stereocenters. The summed E-state index contributed by atoms with van der Waals surface area (Å²) >= 11 is 5.07. The molecule has 1 heterocycles. The van der Waals surface area contributed by atoms with Crippen molar-refractivity contribution < 1.29 is 9.53 Å². The van der Waals surface area contributed by atoms with Gasteiger partial charge in [0, 0.05) is 18.6 Å². The Bertz CT molecular complexity index is 409. The fraction of sp³-hybridized carbons (Fsp3) is 0.600. The van der Waals surface area contributed by atoms with Crippen LogP contribution in [0, 0.1) is 6.92 Å². The summed E-state index contributed by atoms with van der Waals surface area (Å²) in [6.07, 6.45) is 0. The first-order valence-corrected chi connectivity index (χ1v) is 7.01. The van der Waals surface area contributed by atoms with Gasteiger partial charge in [0.15, 0.2) is 0 Å². The third-order valence-electron chi connectivity index (χ3n) is 2.30. The number of esters is 1. The van der Waals surface area contributed by atoms with Gasteiger partial charge in [0.25, 0.3) is 0 Å². The Morgan fingerprint density at radius 2 is 2.35 bits per heavy atom. The molecule has 7 heteroatoms. The van der Waals surface area contributed by atoms with Crippen molar-refractivity contribution in [3.8, 4) is 0 Å². The summed E-state index contributed by atoms with van der Waals surface area (Å²) in [6.45, 7) is 1.94. The molecule has 17 heavy (non-hydrogen) atoms. The van der Waals surface area contributed by atoms with Crippen LogP contribution in [0.3, 0.4) is 0 Å². The number of ether oxygens (including phenoxy) is 1. The van der Waals surface area contributed by atoms with Crippen LogP contribution in [0.5, 0.6) is 0 Å². The summed E-state index contributed by atoms with van der Waals surface area (Å²) in [6, 6.07) is -0.571. The van der Waals surface area contributed by atoms with Gasteiger partial charge in [0.2, 0.25) is 0 Å². The Labute approximate surface area is 113 Å². The Balaban J connectivity index is 2.49. The Morgan fingerprint density at radius 3 is 2.82 bits per heavy atom. The summed E-state index contributed by atoms with van der Waals surface area (Å²) in [5.74, 6) is 0.907. The molecular formula is C10H16BrN3O2S. The van der Waals surface area contributed by atoms with Gasteiger partial charge in [-0.25, -0.2) is 0 Å². The largest absolute Gasteiger partial charge is 0.468 e. The molecular weight excluding hydrogens is 306 g/mol. The second-order valence-corrected chi connectivity index (χ2v) is 5.44. The highest BCUT2D eigenvalue weighted by atomic mass is 79.9. The Morgan fingerprint density at radius 1 is 1.71 bits per heavy atom. The number of aryl methyl sites for hydroxylation is 2. The van der Waals surface area contributed by atoms with Gasteiger partial charge in [-0.1, -0.05) is 0 Å². The van der Waals surface area contributed by atoms with Gasteiger partial charge >= 0.3 is 5.97 Å². The molecule has 1 aromatic heterocycles. The van der Waals surface area contributed by atoms with Crippen molar-refractivity contribution in [2.45, 2.75) is 18.7 Å². The number of aromatic nitrogens is 2. The molecule has 0 saturated carbocycles. The second-order valence-electron chi connectivity index (χ2n) is 3.61. The fourth-order valence-corrected chi connectivity index (χ4v) is 3.03. The molecule has 96 valence electrons. The highest BCUT2D eigenvalue weighted by molar-refractivity contribution is 9.10. The van der Waals surface area contributed by atoms with E-state index in [4.69, 9.17) is 5.73 Å². The molecule has 0 aliphatic rings. The molecule has 2 N–H and O–H groups in total. The molecule has 0 spiro atoms. The molecule has 0 aliphatic carbocycles. The van der Waals surface area contributed by atoms with Gasteiger partial charge in [-0.05, 0) is 22.9 Å². The molecule has 0 bridgehead atoms. The molecule has 0 radical (unpaired) electrons. The number of nitrogens with two attached hydrogens (primary N) is 1. The quantitative estimate of drug-likeness (QED) is 0.826. The monoisotopic (exact) mass is 321 g/mol. The van der Waals surface area contributed by atoms with Crippen LogP contribution >= 0.6 is 27.7 Å². The van der Waals surface area contributed by atoms with E-state index in [1.807, 2.05) is 18.7 Å². The molecule has 5 nitrogen and oxygen atoms in total. The number of carbonyl (C=O) groups is 1. The number of hydrogen-bond acceptors (Lipinski definition) is 5. The van der Waals surface area contributed by atoms with Gasteiger partial charge in [0.1, 0.15) is 6.04 Å². The third kappa shape index (κ3) is 3.72. The number of hydrogen-bond donors (Lipinski definition) is 1. The lowest BCUT2D eigenvalue weighted by atomic mass is 10.4. The number of thioether (sulfide) groups is 1. The summed E-state index contributed by atoms with van der Waals surface area (Å²) in [5.41, 5.74) is 7.69. The summed E-state index contributed by atoms with van der Waals surface area (Å²) in [7, 11) is 3.24.